The number of fused-ring (bicyclic) bond motifs is 2. The van der Waals surface area contributed by atoms with E-state index in [-0.39, 0.29) is 13.2 Å². The van der Waals surface area contributed by atoms with Crippen molar-refractivity contribution in [3.63, 3.8) is 0 Å². The summed E-state index contributed by atoms with van der Waals surface area (Å²) in [5.74, 6) is 1.70. The van der Waals surface area contributed by atoms with Crippen LogP contribution in [-0.4, -0.2) is 35.6 Å². The van der Waals surface area contributed by atoms with Gasteiger partial charge in [0.2, 0.25) is 0 Å². The summed E-state index contributed by atoms with van der Waals surface area (Å²) in [5, 5.41) is 22.0. The SMILES string of the molecule is CCC(O)COc1c2c(c(OCC(O)CC)c3ccccc13)CC(C)=CC2. The lowest BCUT2D eigenvalue weighted by Gasteiger charge is -2.26. The van der Waals surface area contributed by atoms with Gasteiger partial charge >= 0.3 is 0 Å². The molecule has 2 unspecified atom stereocenters. The molecule has 4 nitrogen and oxygen atoms in total. The van der Waals surface area contributed by atoms with Gasteiger partial charge in [0.25, 0.3) is 0 Å². The molecule has 3 rings (SSSR count). The first-order valence-electron chi connectivity index (χ1n) is 9.88. The van der Waals surface area contributed by atoms with E-state index in [4.69, 9.17) is 9.47 Å². The van der Waals surface area contributed by atoms with Gasteiger partial charge in [0.1, 0.15) is 24.7 Å². The van der Waals surface area contributed by atoms with Crippen LogP contribution in [0.15, 0.2) is 35.9 Å². The standard InChI is InChI=1S/C23H30O4/c1-4-16(24)13-26-22-18-8-6-7-9-19(18)23(27-14-17(25)5-2)21-12-15(3)10-11-20(21)22/h6-10,16-17,24-25H,4-5,11-14H2,1-3H3. The van der Waals surface area contributed by atoms with Crippen LogP contribution in [0.3, 0.4) is 0 Å². The van der Waals surface area contributed by atoms with E-state index in [0.717, 1.165) is 46.2 Å². The predicted octanol–water partition coefficient (Wildman–Crippen LogP) is 4.18. The number of benzene rings is 2. The number of hydrogen-bond donors (Lipinski definition) is 2. The highest BCUT2D eigenvalue weighted by Gasteiger charge is 2.24. The topological polar surface area (TPSA) is 58.9 Å². The van der Waals surface area contributed by atoms with Crippen LogP contribution in [0.1, 0.15) is 44.7 Å². The van der Waals surface area contributed by atoms with E-state index in [1.807, 2.05) is 38.1 Å². The molecule has 0 amide bonds. The third kappa shape index (κ3) is 4.28. The molecule has 0 aliphatic heterocycles. The quantitative estimate of drug-likeness (QED) is 0.684. The molecule has 2 atom stereocenters. The molecule has 1 aliphatic carbocycles. The van der Waals surface area contributed by atoms with E-state index in [2.05, 4.69) is 13.0 Å². The van der Waals surface area contributed by atoms with Crippen LogP contribution >= 0.6 is 0 Å². The van der Waals surface area contributed by atoms with Gasteiger partial charge < -0.3 is 19.7 Å². The van der Waals surface area contributed by atoms with E-state index >= 15 is 0 Å². The molecule has 0 heterocycles. The zero-order valence-electron chi connectivity index (χ0n) is 16.5. The van der Waals surface area contributed by atoms with Gasteiger partial charge in [0.05, 0.1) is 12.2 Å². The second-order valence-electron chi connectivity index (χ2n) is 7.34. The van der Waals surface area contributed by atoms with Crippen molar-refractivity contribution in [1.29, 1.82) is 0 Å². The van der Waals surface area contributed by atoms with Crippen molar-refractivity contribution in [3.8, 4) is 11.5 Å². The lowest BCUT2D eigenvalue weighted by atomic mass is 9.87. The fourth-order valence-corrected chi connectivity index (χ4v) is 3.43. The molecule has 0 spiro atoms. The van der Waals surface area contributed by atoms with E-state index < -0.39 is 12.2 Å². The Morgan fingerprint density at radius 1 is 0.889 bits per heavy atom. The Bertz CT molecular complexity index is 825. The van der Waals surface area contributed by atoms with Gasteiger partial charge in [-0.2, -0.15) is 0 Å². The molecule has 2 N–H and O–H groups in total. The molecule has 27 heavy (non-hydrogen) atoms. The van der Waals surface area contributed by atoms with E-state index in [1.165, 1.54) is 5.57 Å². The zero-order valence-corrected chi connectivity index (χ0v) is 16.5. The van der Waals surface area contributed by atoms with E-state index in [0.29, 0.717) is 12.8 Å². The lowest BCUT2D eigenvalue weighted by Crippen LogP contribution is -2.19. The Kier molecular flexibility index (Phi) is 6.40. The number of aliphatic hydroxyl groups is 2. The molecule has 0 fully saturated rings. The van der Waals surface area contributed by atoms with Crippen molar-refractivity contribution in [2.24, 2.45) is 0 Å². The summed E-state index contributed by atoms with van der Waals surface area (Å²) in [7, 11) is 0. The summed E-state index contributed by atoms with van der Waals surface area (Å²) in [6, 6.07) is 8.07. The molecule has 1 aliphatic rings. The normalized spacial score (nSPS) is 15.8. The number of hydrogen-bond acceptors (Lipinski definition) is 4. The van der Waals surface area contributed by atoms with Gasteiger partial charge in [-0.15, -0.1) is 0 Å². The molecule has 2 aromatic rings. The average Bonchev–Trinajstić information content (AvgIpc) is 2.69. The second-order valence-corrected chi connectivity index (χ2v) is 7.34. The summed E-state index contributed by atoms with van der Waals surface area (Å²) in [6.07, 6.45) is 4.20. The Labute approximate surface area is 161 Å². The average molecular weight is 370 g/mol. The molecule has 0 bridgehead atoms. The zero-order chi connectivity index (χ0) is 19.4. The molecule has 0 aromatic heterocycles. The van der Waals surface area contributed by atoms with Crippen LogP contribution in [0, 0.1) is 0 Å². The second kappa shape index (κ2) is 8.77. The largest absolute Gasteiger partial charge is 0.490 e. The molecule has 0 saturated carbocycles. The summed E-state index contributed by atoms with van der Waals surface area (Å²) < 4.78 is 12.3. The highest BCUT2D eigenvalue weighted by Crippen LogP contribution is 2.44. The first kappa shape index (κ1) is 19.7. The van der Waals surface area contributed by atoms with Crippen molar-refractivity contribution in [2.75, 3.05) is 13.2 Å². The van der Waals surface area contributed by atoms with Gasteiger partial charge in [-0.1, -0.05) is 49.8 Å². The van der Waals surface area contributed by atoms with Gasteiger partial charge in [-0.25, -0.2) is 0 Å². The molecular weight excluding hydrogens is 340 g/mol. The maximum absolute atomic E-state index is 9.99. The summed E-state index contributed by atoms with van der Waals surface area (Å²) in [6.45, 7) is 6.59. The van der Waals surface area contributed by atoms with Crippen LogP contribution in [0.25, 0.3) is 10.8 Å². The lowest BCUT2D eigenvalue weighted by molar-refractivity contribution is 0.103. The minimum absolute atomic E-state index is 0.282. The summed E-state index contributed by atoms with van der Waals surface area (Å²) >= 11 is 0. The smallest absolute Gasteiger partial charge is 0.131 e. The first-order valence-corrected chi connectivity index (χ1v) is 9.88. The van der Waals surface area contributed by atoms with Crippen molar-refractivity contribution in [3.05, 3.63) is 47.0 Å². The van der Waals surface area contributed by atoms with Gasteiger partial charge in [0, 0.05) is 21.9 Å². The highest BCUT2D eigenvalue weighted by atomic mass is 16.5. The van der Waals surface area contributed by atoms with Crippen molar-refractivity contribution >= 4 is 10.8 Å². The predicted molar refractivity (Wildman–Crippen MR) is 109 cm³/mol. The fraction of sp³-hybridized carbons (Fsp3) is 0.478. The van der Waals surface area contributed by atoms with Crippen LogP contribution < -0.4 is 9.47 Å². The number of aliphatic hydroxyl groups excluding tert-OH is 2. The maximum Gasteiger partial charge on any atom is 0.131 e. The first-order chi connectivity index (χ1) is 13.0. The Morgan fingerprint density at radius 2 is 1.41 bits per heavy atom. The monoisotopic (exact) mass is 370 g/mol. The van der Waals surface area contributed by atoms with Crippen LogP contribution in [-0.2, 0) is 12.8 Å². The van der Waals surface area contributed by atoms with Crippen LogP contribution in [0.5, 0.6) is 11.5 Å². The molecule has 0 radical (unpaired) electrons. The van der Waals surface area contributed by atoms with Crippen molar-refractivity contribution < 1.29 is 19.7 Å². The minimum Gasteiger partial charge on any atom is -0.490 e. The number of rotatable bonds is 8. The van der Waals surface area contributed by atoms with E-state index in [1.54, 1.807) is 0 Å². The Hall–Kier alpha value is -2.04. The maximum atomic E-state index is 9.99. The van der Waals surface area contributed by atoms with Gasteiger partial charge in [-0.05, 0) is 32.6 Å². The highest BCUT2D eigenvalue weighted by molar-refractivity contribution is 5.96. The van der Waals surface area contributed by atoms with E-state index in [9.17, 15) is 10.2 Å². The molecule has 0 saturated heterocycles. The molecule has 146 valence electrons. The summed E-state index contributed by atoms with van der Waals surface area (Å²) in [4.78, 5) is 0. The van der Waals surface area contributed by atoms with Crippen molar-refractivity contribution in [1.82, 2.24) is 0 Å². The van der Waals surface area contributed by atoms with Crippen LogP contribution in [0.2, 0.25) is 0 Å². The van der Waals surface area contributed by atoms with Crippen LogP contribution in [0.4, 0.5) is 0 Å². The third-order valence-electron chi connectivity index (χ3n) is 5.22. The fourth-order valence-electron chi connectivity index (χ4n) is 3.43. The Morgan fingerprint density at radius 3 is 1.93 bits per heavy atom. The molecular formula is C23H30O4. The van der Waals surface area contributed by atoms with Gasteiger partial charge in [-0.3, -0.25) is 0 Å². The van der Waals surface area contributed by atoms with Crippen molar-refractivity contribution in [2.45, 2.75) is 58.7 Å². The molecule has 4 heteroatoms. The minimum atomic E-state index is -0.477. The Balaban J connectivity index is 2.11. The number of allylic oxidation sites excluding steroid dienone is 2. The molecule has 2 aromatic carbocycles. The summed E-state index contributed by atoms with van der Waals surface area (Å²) in [5.41, 5.74) is 3.57. The van der Waals surface area contributed by atoms with Gasteiger partial charge in [0.15, 0.2) is 0 Å². The number of ether oxygens (including phenoxy) is 2. The third-order valence-corrected chi connectivity index (χ3v) is 5.22.